The first-order valence-electron chi connectivity index (χ1n) is 6.53. The smallest absolute Gasteiger partial charge is 0.258 e. The Balaban J connectivity index is 1.82. The van der Waals surface area contributed by atoms with Crippen molar-refractivity contribution >= 4 is 17.7 Å². The first kappa shape index (κ1) is 15.0. The molecule has 1 fully saturated rings. The first-order chi connectivity index (χ1) is 10.0. The predicted octanol–water partition coefficient (Wildman–Crippen LogP) is -0.602. The monoisotopic (exact) mass is 291 g/mol. The Hall–Kier alpha value is -2.41. The molecule has 0 spiro atoms. The Kier molecular flexibility index (Phi) is 4.54. The fraction of sp³-hybridized carbons (Fsp3) is 0.357. The average Bonchev–Trinajstić information content (AvgIpc) is 2.73. The van der Waals surface area contributed by atoms with Crippen LogP contribution in [0.4, 0.5) is 0 Å². The summed E-state index contributed by atoms with van der Waals surface area (Å²) in [6.07, 6.45) is -0.00767. The normalized spacial score (nSPS) is 18.0. The molecule has 1 aliphatic rings. The summed E-state index contributed by atoms with van der Waals surface area (Å²) in [6, 6.07) is 6.25. The van der Waals surface area contributed by atoms with Crippen LogP contribution in [0.2, 0.25) is 0 Å². The molecule has 21 heavy (non-hydrogen) atoms. The molecule has 1 atom stereocenters. The van der Waals surface area contributed by atoms with E-state index in [-0.39, 0.29) is 18.9 Å². The Morgan fingerprint density at radius 1 is 1.38 bits per heavy atom. The molecule has 1 aliphatic heterocycles. The van der Waals surface area contributed by atoms with Crippen LogP contribution >= 0.6 is 0 Å². The van der Waals surface area contributed by atoms with Gasteiger partial charge in [-0.15, -0.1) is 0 Å². The summed E-state index contributed by atoms with van der Waals surface area (Å²) >= 11 is 0. The summed E-state index contributed by atoms with van der Waals surface area (Å²) in [7, 11) is 1.40. The summed E-state index contributed by atoms with van der Waals surface area (Å²) in [6.45, 7) is 0.218. The molecule has 1 aromatic carbocycles. The molecule has 0 radical (unpaired) electrons. The van der Waals surface area contributed by atoms with Gasteiger partial charge < -0.3 is 15.8 Å². The molecule has 1 heterocycles. The van der Waals surface area contributed by atoms with Crippen LogP contribution in [0.15, 0.2) is 24.3 Å². The number of rotatable bonds is 5. The summed E-state index contributed by atoms with van der Waals surface area (Å²) in [5.41, 5.74) is 6.44. The molecule has 1 unspecified atom stereocenters. The second-order valence-corrected chi connectivity index (χ2v) is 4.75. The third kappa shape index (κ3) is 3.57. The van der Waals surface area contributed by atoms with Gasteiger partial charge in [0, 0.05) is 13.6 Å². The number of hydrogen-bond acceptors (Lipinski definition) is 5. The zero-order valence-electron chi connectivity index (χ0n) is 11.7. The first-order valence-corrected chi connectivity index (χ1v) is 6.53. The van der Waals surface area contributed by atoms with Gasteiger partial charge in [0.25, 0.3) is 11.8 Å². The highest BCUT2D eigenvalue weighted by Crippen LogP contribution is 2.12. The lowest BCUT2D eigenvalue weighted by molar-refractivity contribution is -0.138. The predicted molar refractivity (Wildman–Crippen MR) is 74.2 cm³/mol. The Bertz CT molecular complexity index is 556. The zero-order chi connectivity index (χ0) is 15.4. The maximum atomic E-state index is 11.7. The quantitative estimate of drug-likeness (QED) is 0.705. The van der Waals surface area contributed by atoms with E-state index in [1.807, 2.05) is 0 Å². The van der Waals surface area contributed by atoms with Gasteiger partial charge in [0.05, 0.1) is 6.42 Å². The van der Waals surface area contributed by atoms with Crippen molar-refractivity contribution in [2.45, 2.75) is 19.0 Å². The van der Waals surface area contributed by atoms with E-state index < -0.39 is 17.9 Å². The summed E-state index contributed by atoms with van der Waals surface area (Å²) in [5.74, 6) is -0.614. The van der Waals surface area contributed by atoms with Gasteiger partial charge in [0.1, 0.15) is 11.8 Å². The molecular weight excluding hydrogens is 274 g/mol. The van der Waals surface area contributed by atoms with E-state index in [0.29, 0.717) is 12.3 Å². The Morgan fingerprint density at radius 2 is 2.05 bits per heavy atom. The van der Waals surface area contributed by atoms with Crippen LogP contribution in [-0.4, -0.2) is 42.3 Å². The van der Waals surface area contributed by atoms with Crippen LogP contribution in [0, 0.1) is 0 Å². The summed E-state index contributed by atoms with van der Waals surface area (Å²) < 4.78 is 5.30. The standard InChI is InChI=1S/C14H17N3O4/c1-17-13(19)6-11(14(17)20)16-12(18)8-21-10-4-2-9(7-15)3-5-10/h2-5,11H,6-8,15H2,1H3,(H,16,18). The number of ether oxygens (including phenoxy) is 1. The molecule has 7 nitrogen and oxygen atoms in total. The highest BCUT2D eigenvalue weighted by molar-refractivity contribution is 6.06. The van der Waals surface area contributed by atoms with E-state index >= 15 is 0 Å². The molecule has 3 N–H and O–H groups in total. The Morgan fingerprint density at radius 3 is 2.57 bits per heavy atom. The van der Waals surface area contributed by atoms with Crippen molar-refractivity contribution < 1.29 is 19.1 Å². The second-order valence-electron chi connectivity index (χ2n) is 4.75. The molecule has 0 aliphatic carbocycles. The fourth-order valence-corrected chi connectivity index (χ4v) is 1.97. The van der Waals surface area contributed by atoms with Crippen molar-refractivity contribution in [1.82, 2.24) is 10.2 Å². The number of benzene rings is 1. The average molecular weight is 291 g/mol. The minimum absolute atomic E-state index is 0.00767. The van der Waals surface area contributed by atoms with Gasteiger partial charge in [-0.1, -0.05) is 12.1 Å². The lowest BCUT2D eigenvalue weighted by Crippen LogP contribution is -2.42. The van der Waals surface area contributed by atoms with Crippen LogP contribution < -0.4 is 15.8 Å². The number of nitrogens with zero attached hydrogens (tertiary/aromatic N) is 1. The zero-order valence-corrected chi connectivity index (χ0v) is 11.7. The van der Waals surface area contributed by atoms with Crippen molar-refractivity contribution in [2.24, 2.45) is 5.73 Å². The largest absolute Gasteiger partial charge is 0.484 e. The number of hydrogen-bond donors (Lipinski definition) is 2. The van der Waals surface area contributed by atoms with Crippen LogP contribution in [0.3, 0.4) is 0 Å². The number of likely N-dealkylation sites (N-methyl/N-ethyl adjacent to an activating group) is 1. The maximum Gasteiger partial charge on any atom is 0.258 e. The van der Waals surface area contributed by atoms with Gasteiger partial charge in [-0.05, 0) is 17.7 Å². The van der Waals surface area contributed by atoms with Gasteiger partial charge >= 0.3 is 0 Å². The third-order valence-corrected chi connectivity index (χ3v) is 3.25. The SMILES string of the molecule is CN1C(=O)CC(NC(=O)COc2ccc(CN)cc2)C1=O. The minimum atomic E-state index is -0.793. The lowest BCUT2D eigenvalue weighted by atomic mass is 10.2. The van der Waals surface area contributed by atoms with Crippen LogP contribution in [-0.2, 0) is 20.9 Å². The van der Waals surface area contributed by atoms with Crippen LogP contribution in [0.25, 0.3) is 0 Å². The highest BCUT2D eigenvalue weighted by Gasteiger charge is 2.36. The maximum absolute atomic E-state index is 11.7. The fourth-order valence-electron chi connectivity index (χ4n) is 1.97. The number of likely N-dealkylation sites (tertiary alicyclic amines) is 1. The highest BCUT2D eigenvalue weighted by atomic mass is 16.5. The molecule has 2 rings (SSSR count). The van der Waals surface area contributed by atoms with Crippen LogP contribution in [0.5, 0.6) is 5.75 Å². The molecule has 7 heteroatoms. The van der Waals surface area contributed by atoms with Crippen molar-refractivity contribution in [3.8, 4) is 5.75 Å². The number of carbonyl (C=O) groups is 3. The number of nitrogens with two attached hydrogens (primary N) is 1. The summed E-state index contributed by atoms with van der Waals surface area (Å²) in [4.78, 5) is 35.7. The number of carbonyl (C=O) groups excluding carboxylic acids is 3. The molecule has 0 saturated carbocycles. The van der Waals surface area contributed by atoms with Crippen molar-refractivity contribution in [2.75, 3.05) is 13.7 Å². The molecule has 1 aromatic rings. The van der Waals surface area contributed by atoms with Gasteiger partial charge in [-0.3, -0.25) is 19.3 Å². The van der Waals surface area contributed by atoms with E-state index in [2.05, 4.69) is 5.32 Å². The van der Waals surface area contributed by atoms with E-state index in [4.69, 9.17) is 10.5 Å². The number of imide groups is 1. The van der Waals surface area contributed by atoms with E-state index in [1.165, 1.54) is 7.05 Å². The summed E-state index contributed by atoms with van der Waals surface area (Å²) in [5, 5.41) is 2.49. The van der Waals surface area contributed by atoms with Crippen molar-refractivity contribution in [1.29, 1.82) is 0 Å². The van der Waals surface area contributed by atoms with Gasteiger partial charge in [-0.2, -0.15) is 0 Å². The van der Waals surface area contributed by atoms with Crippen molar-refractivity contribution in [3.63, 3.8) is 0 Å². The Labute approximate surface area is 122 Å². The van der Waals surface area contributed by atoms with E-state index in [1.54, 1.807) is 24.3 Å². The number of nitrogens with one attached hydrogen (secondary N) is 1. The van der Waals surface area contributed by atoms with Gasteiger partial charge in [0.2, 0.25) is 5.91 Å². The van der Waals surface area contributed by atoms with Gasteiger partial charge in [-0.25, -0.2) is 0 Å². The molecule has 112 valence electrons. The number of amides is 3. The molecule has 1 saturated heterocycles. The van der Waals surface area contributed by atoms with Gasteiger partial charge in [0.15, 0.2) is 6.61 Å². The second kappa shape index (κ2) is 6.36. The molecular formula is C14H17N3O4. The van der Waals surface area contributed by atoms with E-state index in [0.717, 1.165) is 10.5 Å². The lowest BCUT2D eigenvalue weighted by Gasteiger charge is -2.12. The molecule has 0 aromatic heterocycles. The minimum Gasteiger partial charge on any atom is -0.484 e. The molecule has 3 amide bonds. The molecule has 0 bridgehead atoms. The third-order valence-electron chi connectivity index (χ3n) is 3.25. The topological polar surface area (TPSA) is 102 Å². The van der Waals surface area contributed by atoms with Crippen molar-refractivity contribution in [3.05, 3.63) is 29.8 Å². The van der Waals surface area contributed by atoms with E-state index in [9.17, 15) is 14.4 Å². The van der Waals surface area contributed by atoms with Crippen LogP contribution in [0.1, 0.15) is 12.0 Å².